The van der Waals surface area contributed by atoms with Crippen LogP contribution in [0, 0.1) is 20.8 Å². The summed E-state index contributed by atoms with van der Waals surface area (Å²) < 4.78 is 6.03. The van der Waals surface area contributed by atoms with E-state index >= 15 is 0 Å². The van der Waals surface area contributed by atoms with E-state index in [0.717, 1.165) is 40.2 Å². The second-order valence-electron chi connectivity index (χ2n) is 6.05. The molecule has 0 spiro atoms. The molecule has 24 heavy (non-hydrogen) atoms. The highest BCUT2D eigenvalue weighted by atomic mass is 16.3. The highest BCUT2D eigenvalue weighted by Crippen LogP contribution is 2.28. The number of nitrogens with zero attached hydrogens (tertiary/aromatic N) is 3. The Morgan fingerprint density at radius 2 is 1.83 bits per heavy atom. The van der Waals surface area contributed by atoms with E-state index in [1.807, 2.05) is 32.9 Å². The summed E-state index contributed by atoms with van der Waals surface area (Å²) in [5, 5.41) is 5.58. The lowest BCUT2D eigenvalue weighted by Crippen LogP contribution is -2.04. The number of rotatable bonds is 4. The predicted molar refractivity (Wildman–Crippen MR) is 97.7 cm³/mol. The molecule has 0 saturated heterocycles. The summed E-state index contributed by atoms with van der Waals surface area (Å²) in [5.41, 5.74) is 8.83. The van der Waals surface area contributed by atoms with Gasteiger partial charge in [-0.05, 0) is 52.3 Å². The summed E-state index contributed by atoms with van der Waals surface area (Å²) in [5.74, 6) is 1.31. The monoisotopic (exact) mass is 322 g/mol. The van der Waals surface area contributed by atoms with Gasteiger partial charge in [-0.15, -0.1) is 0 Å². The van der Waals surface area contributed by atoms with Crippen LogP contribution in [0.5, 0.6) is 0 Å². The summed E-state index contributed by atoms with van der Waals surface area (Å²) in [7, 11) is 0. The van der Waals surface area contributed by atoms with Crippen LogP contribution in [0.4, 0.5) is 5.95 Å². The molecule has 5 heteroatoms. The number of hydrogen-bond donors (Lipinski definition) is 1. The molecule has 0 aliphatic heterocycles. The van der Waals surface area contributed by atoms with Crippen molar-refractivity contribution in [1.29, 1.82) is 0 Å². The normalized spacial score (nSPS) is 12.0. The topological polar surface area (TPSA) is 63.3 Å². The smallest absolute Gasteiger partial charge is 0.243 e. The van der Waals surface area contributed by atoms with Gasteiger partial charge in [-0.3, -0.25) is 0 Å². The molecule has 1 N–H and O–H groups in total. The summed E-state index contributed by atoms with van der Waals surface area (Å²) in [6.07, 6.45) is 0.888. The molecular weight excluding hydrogens is 300 g/mol. The Kier molecular flexibility index (Phi) is 4.34. The SMILES string of the molecule is CCc1c(/C(C)=N\Nc2nc(C)cc(C)n2)oc2ccc(C)cc12. The van der Waals surface area contributed by atoms with Gasteiger partial charge in [0, 0.05) is 22.3 Å². The molecule has 0 saturated carbocycles. The lowest BCUT2D eigenvalue weighted by molar-refractivity contribution is 0.599. The number of fused-ring (bicyclic) bond motifs is 1. The van der Waals surface area contributed by atoms with E-state index in [-0.39, 0.29) is 0 Å². The van der Waals surface area contributed by atoms with Crippen molar-refractivity contribution in [2.45, 2.75) is 41.0 Å². The van der Waals surface area contributed by atoms with Crippen LogP contribution in [0.3, 0.4) is 0 Å². The zero-order valence-electron chi connectivity index (χ0n) is 14.8. The van der Waals surface area contributed by atoms with Crippen LogP contribution in [0.25, 0.3) is 11.0 Å². The number of anilines is 1. The van der Waals surface area contributed by atoms with Gasteiger partial charge in [-0.2, -0.15) is 5.10 Å². The standard InChI is InChI=1S/C19H22N4O/c1-6-15-16-9-11(2)7-8-17(16)24-18(15)14(5)22-23-19-20-12(3)10-13(4)21-19/h7-10H,6H2,1-5H3,(H,20,21,23)/b22-14-. The van der Waals surface area contributed by atoms with Gasteiger partial charge >= 0.3 is 0 Å². The number of aryl methyl sites for hydroxylation is 4. The maximum absolute atomic E-state index is 6.03. The van der Waals surface area contributed by atoms with E-state index < -0.39 is 0 Å². The minimum absolute atomic E-state index is 0.497. The molecule has 0 radical (unpaired) electrons. The Morgan fingerprint density at radius 1 is 1.12 bits per heavy atom. The molecule has 124 valence electrons. The molecular formula is C19H22N4O. The fraction of sp³-hybridized carbons (Fsp3) is 0.316. The maximum Gasteiger partial charge on any atom is 0.243 e. The van der Waals surface area contributed by atoms with Crippen LogP contribution in [-0.4, -0.2) is 15.7 Å². The number of hydrazone groups is 1. The first-order valence-electron chi connectivity index (χ1n) is 8.13. The minimum atomic E-state index is 0.497. The quantitative estimate of drug-likeness (QED) is 0.565. The number of benzene rings is 1. The Morgan fingerprint density at radius 3 is 2.50 bits per heavy atom. The molecule has 0 fully saturated rings. The first-order valence-corrected chi connectivity index (χ1v) is 8.13. The molecule has 2 aromatic heterocycles. The number of nitrogens with one attached hydrogen (secondary N) is 1. The van der Waals surface area contributed by atoms with Crippen LogP contribution in [0.2, 0.25) is 0 Å². The lowest BCUT2D eigenvalue weighted by Gasteiger charge is -2.04. The van der Waals surface area contributed by atoms with Crippen molar-refractivity contribution in [3.8, 4) is 0 Å². The second-order valence-corrected chi connectivity index (χ2v) is 6.05. The summed E-state index contributed by atoms with van der Waals surface area (Å²) in [4.78, 5) is 8.67. The molecule has 3 aromatic rings. The van der Waals surface area contributed by atoms with Crippen molar-refractivity contribution in [2.24, 2.45) is 5.10 Å². The van der Waals surface area contributed by atoms with Gasteiger partial charge in [-0.1, -0.05) is 18.6 Å². The van der Waals surface area contributed by atoms with Gasteiger partial charge < -0.3 is 4.42 Å². The van der Waals surface area contributed by atoms with Gasteiger partial charge in [-0.25, -0.2) is 15.4 Å². The average molecular weight is 322 g/mol. The Bertz CT molecular complexity index is 904. The van der Waals surface area contributed by atoms with E-state index in [1.165, 1.54) is 11.1 Å². The van der Waals surface area contributed by atoms with Crippen molar-refractivity contribution in [3.63, 3.8) is 0 Å². The Hall–Kier alpha value is -2.69. The van der Waals surface area contributed by atoms with Crippen LogP contribution >= 0.6 is 0 Å². The number of aromatic nitrogens is 2. The molecule has 0 amide bonds. The van der Waals surface area contributed by atoms with E-state index in [2.05, 4.69) is 46.5 Å². The van der Waals surface area contributed by atoms with Crippen LogP contribution in [0.1, 0.15) is 42.1 Å². The molecule has 0 aliphatic carbocycles. The number of hydrogen-bond acceptors (Lipinski definition) is 5. The predicted octanol–water partition coefficient (Wildman–Crippen LogP) is 4.55. The fourth-order valence-electron chi connectivity index (χ4n) is 2.87. The third-order valence-corrected chi connectivity index (χ3v) is 3.93. The lowest BCUT2D eigenvalue weighted by atomic mass is 10.0. The van der Waals surface area contributed by atoms with E-state index in [1.54, 1.807) is 0 Å². The zero-order chi connectivity index (χ0) is 17.3. The first kappa shape index (κ1) is 16.2. The van der Waals surface area contributed by atoms with Gasteiger partial charge in [0.2, 0.25) is 5.95 Å². The fourth-order valence-corrected chi connectivity index (χ4v) is 2.87. The third-order valence-electron chi connectivity index (χ3n) is 3.93. The molecule has 1 aromatic carbocycles. The molecule has 5 nitrogen and oxygen atoms in total. The van der Waals surface area contributed by atoms with Crippen LogP contribution in [-0.2, 0) is 6.42 Å². The minimum Gasteiger partial charge on any atom is -0.454 e. The van der Waals surface area contributed by atoms with Gasteiger partial charge in [0.1, 0.15) is 11.3 Å². The number of furan rings is 1. The summed E-state index contributed by atoms with van der Waals surface area (Å²) >= 11 is 0. The van der Waals surface area contributed by atoms with Crippen LogP contribution < -0.4 is 5.43 Å². The molecule has 3 rings (SSSR count). The van der Waals surface area contributed by atoms with Crippen LogP contribution in [0.15, 0.2) is 33.8 Å². The van der Waals surface area contributed by atoms with Crippen molar-refractivity contribution in [3.05, 3.63) is 52.5 Å². The summed E-state index contributed by atoms with van der Waals surface area (Å²) in [6.45, 7) is 10.0. The molecule has 2 heterocycles. The van der Waals surface area contributed by atoms with Crippen molar-refractivity contribution >= 4 is 22.6 Å². The largest absolute Gasteiger partial charge is 0.454 e. The van der Waals surface area contributed by atoms with Gasteiger partial charge in [0.05, 0.1) is 0 Å². The third kappa shape index (κ3) is 3.15. The van der Waals surface area contributed by atoms with E-state index in [0.29, 0.717) is 5.95 Å². The van der Waals surface area contributed by atoms with Gasteiger partial charge in [0.15, 0.2) is 5.76 Å². The average Bonchev–Trinajstić information content (AvgIpc) is 2.89. The Labute approximate surface area is 141 Å². The molecule has 0 bridgehead atoms. The highest BCUT2D eigenvalue weighted by molar-refractivity contribution is 6.02. The van der Waals surface area contributed by atoms with Gasteiger partial charge in [0.25, 0.3) is 0 Å². The zero-order valence-corrected chi connectivity index (χ0v) is 14.8. The van der Waals surface area contributed by atoms with E-state index in [4.69, 9.17) is 4.42 Å². The van der Waals surface area contributed by atoms with Crippen molar-refractivity contribution in [1.82, 2.24) is 9.97 Å². The maximum atomic E-state index is 6.03. The Balaban J connectivity index is 1.96. The van der Waals surface area contributed by atoms with E-state index in [9.17, 15) is 0 Å². The molecule has 0 atom stereocenters. The second kappa shape index (κ2) is 6.43. The molecule has 0 unspecified atom stereocenters. The van der Waals surface area contributed by atoms with Crippen molar-refractivity contribution < 1.29 is 4.42 Å². The van der Waals surface area contributed by atoms with Crippen molar-refractivity contribution in [2.75, 3.05) is 5.43 Å². The highest BCUT2D eigenvalue weighted by Gasteiger charge is 2.15. The molecule has 0 aliphatic rings. The summed E-state index contributed by atoms with van der Waals surface area (Å²) in [6, 6.07) is 8.16. The first-order chi connectivity index (χ1) is 11.5.